The Kier molecular flexibility index (Phi) is 6.83. The van der Waals surface area contributed by atoms with Gasteiger partial charge in [-0.25, -0.2) is 0 Å². The molecule has 1 unspecified atom stereocenters. The highest BCUT2D eigenvalue weighted by Gasteiger charge is 2.14. The van der Waals surface area contributed by atoms with Crippen molar-refractivity contribution in [3.8, 4) is 0 Å². The second-order valence-corrected chi connectivity index (χ2v) is 5.79. The number of hydrogen-bond donors (Lipinski definition) is 1. The van der Waals surface area contributed by atoms with Gasteiger partial charge in [0, 0.05) is 35.9 Å². The summed E-state index contributed by atoms with van der Waals surface area (Å²) in [5.41, 5.74) is 8.29. The zero-order valence-electron chi connectivity index (χ0n) is 12.3. The van der Waals surface area contributed by atoms with Gasteiger partial charge in [-0.2, -0.15) is 0 Å². The normalized spacial score (nSPS) is 14.2. The average molecular weight is 329 g/mol. The fraction of sp³-hybridized carbons (Fsp3) is 0.600. The van der Waals surface area contributed by atoms with Crippen molar-refractivity contribution >= 4 is 21.6 Å². The maximum atomic E-state index is 5.94. The third-order valence-corrected chi connectivity index (χ3v) is 4.15. The molecule has 1 aromatic carbocycles. The lowest BCUT2D eigenvalue weighted by Gasteiger charge is -2.31. The van der Waals surface area contributed by atoms with Crippen LogP contribution in [-0.2, 0) is 4.74 Å². The molecule has 2 atom stereocenters. The molecule has 0 aliphatic heterocycles. The van der Waals surface area contributed by atoms with Crippen molar-refractivity contribution in [2.24, 2.45) is 5.73 Å². The van der Waals surface area contributed by atoms with Crippen molar-refractivity contribution < 1.29 is 4.74 Å². The lowest BCUT2D eigenvalue weighted by atomic mass is 10.1. The molecular formula is C15H25BrN2O. The summed E-state index contributed by atoms with van der Waals surface area (Å²) in [6.45, 7) is 8.07. The first kappa shape index (κ1) is 16.5. The molecule has 2 N–H and O–H groups in total. The average Bonchev–Trinajstić information content (AvgIpc) is 2.38. The van der Waals surface area contributed by atoms with Gasteiger partial charge in [0.05, 0.1) is 6.61 Å². The highest BCUT2D eigenvalue weighted by molar-refractivity contribution is 9.10. The van der Waals surface area contributed by atoms with Gasteiger partial charge in [-0.1, -0.05) is 28.9 Å². The van der Waals surface area contributed by atoms with E-state index in [1.165, 1.54) is 5.69 Å². The summed E-state index contributed by atoms with van der Waals surface area (Å²) in [7, 11) is 1.74. The van der Waals surface area contributed by atoms with Crippen molar-refractivity contribution in [1.29, 1.82) is 0 Å². The van der Waals surface area contributed by atoms with Crippen LogP contribution in [0.2, 0.25) is 0 Å². The summed E-state index contributed by atoms with van der Waals surface area (Å²) in [5, 5.41) is 0. The van der Waals surface area contributed by atoms with Crippen molar-refractivity contribution in [3.63, 3.8) is 0 Å². The van der Waals surface area contributed by atoms with Crippen LogP contribution in [0, 0.1) is 0 Å². The number of methoxy groups -OCH3 is 1. The molecule has 108 valence electrons. The Morgan fingerprint density at radius 1 is 1.37 bits per heavy atom. The first-order chi connectivity index (χ1) is 9.01. The molecule has 0 fully saturated rings. The minimum atomic E-state index is 0.0412. The minimum Gasteiger partial charge on any atom is -0.383 e. The van der Waals surface area contributed by atoms with Gasteiger partial charge in [0.1, 0.15) is 0 Å². The monoisotopic (exact) mass is 328 g/mol. The van der Waals surface area contributed by atoms with Crippen LogP contribution in [0.25, 0.3) is 0 Å². The molecule has 0 heterocycles. The predicted molar refractivity (Wildman–Crippen MR) is 85.7 cm³/mol. The summed E-state index contributed by atoms with van der Waals surface area (Å²) >= 11 is 3.62. The van der Waals surface area contributed by atoms with Crippen molar-refractivity contribution in [2.45, 2.75) is 39.3 Å². The van der Waals surface area contributed by atoms with E-state index < -0.39 is 0 Å². The SMILES string of the molecule is CCC(C)N(CCOC)c1ccc([C@@H](C)N)c(Br)c1. The number of ether oxygens (including phenoxy) is 1. The lowest BCUT2D eigenvalue weighted by molar-refractivity contribution is 0.203. The molecule has 0 spiro atoms. The van der Waals surface area contributed by atoms with Crippen LogP contribution < -0.4 is 10.6 Å². The zero-order valence-corrected chi connectivity index (χ0v) is 13.9. The Morgan fingerprint density at radius 3 is 2.53 bits per heavy atom. The summed E-state index contributed by atoms with van der Waals surface area (Å²) in [6.07, 6.45) is 1.11. The fourth-order valence-electron chi connectivity index (χ4n) is 2.08. The smallest absolute Gasteiger partial charge is 0.0637 e. The summed E-state index contributed by atoms with van der Waals surface area (Å²) < 4.78 is 6.28. The number of rotatable bonds is 7. The molecule has 0 amide bonds. The summed E-state index contributed by atoms with van der Waals surface area (Å²) in [4.78, 5) is 2.37. The number of hydrogen-bond acceptors (Lipinski definition) is 3. The van der Waals surface area contributed by atoms with E-state index in [-0.39, 0.29) is 6.04 Å². The van der Waals surface area contributed by atoms with Gasteiger partial charge < -0.3 is 15.4 Å². The second kappa shape index (κ2) is 7.88. The minimum absolute atomic E-state index is 0.0412. The Morgan fingerprint density at radius 2 is 2.05 bits per heavy atom. The molecule has 0 bridgehead atoms. The van der Waals surface area contributed by atoms with Crippen LogP contribution in [-0.4, -0.2) is 26.3 Å². The Bertz CT molecular complexity index is 396. The fourth-order valence-corrected chi connectivity index (χ4v) is 2.81. The van der Waals surface area contributed by atoms with Gasteiger partial charge in [-0.05, 0) is 38.0 Å². The molecule has 0 saturated carbocycles. The molecule has 0 aliphatic rings. The zero-order chi connectivity index (χ0) is 14.4. The largest absolute Gasteiger partial charge is 0.383 e. The van der Waals surface area contributed by atoms with Crippen LogP contribution in [0.1, 0.15) is 38.8 Å². The first-order valence-electron chi connectivity index (χ1n) is 6.81. The molecule has 3 nitrogen and oxygen atoms in total. The summed E-state index contributed by atoms with van der Waals surface area (Å²) in [5.74, 6) is 0. The standard InChI is InChI=1S/C15H25BrN2O/c1-5-11(2)18(8-9-19-4)13-6-7-14(12(3)17)15(16)10-13/h6-7,10-12H,5,8-9,17H2,1-4H3/t11?,12-/m1/s1. The molecule has 0 aliphatic carbocycles. The summed E-state index contributed by atoms with van der Waals surface area (Å²) in [6, 6.07) is 6.93. The second-order valence-electron chi connectivity index (χ2n) is 4.94. The van der Waals surface area contributed by atoms with Gasteiger partial charge in [0.25, 0.3) is 0 Å². The quantitative estimate of drug-likeness (QED) is 0.829. The van der Waals surface area contributed by atoms with E-state index in [1.807, 2.05) is 6.92 Å². The molecule has 1 rings (SSSR count). The molecule has 0 aromatic heterocycles. The van der Waals surface area contributed by atoms with Gasteiger partial charge in [-0.15, -0.1) is 0 Å². The Labute approximate surface area is 125 Å². The van der Waals surface area contributed by atoms with Crippen LogP contribution in [0.3, 0.4) is 0 Å². The van der Waals surface area contributed by atoms with E-state index >= 15 is 0 Å². The predicted octanol–water partition coefficient (Wildman–Crippen LogP) is 3.72. The van der Waals surface area contributed by atoms with Crippen molar-refractivity contribution in [1.82, 2.24) is 0 Å². The Balaban J connectivity index is 2.99. The van der Waals surface area contributed by atoms with Gasteiger partial charge in [-0.3, -0.25) is 0 Å². The van der Waals surface area contributed by atoms with Crippen LogP contribution in [0.4, 0.5) is 5.69 Å². The third kappa shape index (κ3) is 4.48. The van der Waals surface area contributed by atoms with Crippen LogP contribution >= 0.6 is 15.9 Å². The van der Waals surface area contributed by atoms with Crippen LogP contribution in [0.15, 0.2) is 22.7 Å². The lowest BCUT2D eigenvalue weighted by Crippen LogP contribution is -2.35. The molecule has 0 radical (unpaired) electrons. The maximum Gasteiger partial charge on any atom is 0.0637 e. The Hall–Kier alpha value is -0.580. The van der Waals surface area contributed by atoms with Gasteiger partial charge >= 0.3 is 0 Å². The highest BCUT2D eigenvalue weighted by atomic mass is 79.9. The topological polar surface area (TPSA) is 38.5 Å². The van der Waals surface area contributed by atoms with E-state index in [4.69, 9.17) is 10.5 Å². The molecule has 19 heavy (non-hydrogen) atoms. The van der Waals surface area contributed by atoms with Crippen molar-refractivity contribution in [2.75, 3.05) is 25.2 Å². The molecule has 4 heteroatoms. The highest BCUT2D eigenvalue weighted by Crippen LogP contribution is 2.28. The van der Waals surface area contributed by atoms with Crippen LogP contribution in [0.5, 0.6) is 0 Å². The number of halogens is 1. The number of anilines is 1. The number of nitrogens with zero attached hydrogens (tertiary/aromatic N) is 1. The van der Waals surface area contributed by atoms with Gasteiger partial charge in [0.2, 0.25) is 0 Å². The molecule has 0 saturated heterocycles. The molecule has 1 aromatic rings. The van der Waals surface area contributed by atoms with E-state index in [2.05, 4.69) is 52.9 Å². The maximum absolute atomic E-state index is 5.94. The van der Waals surface area contributed by atoms with E-state index in [0.717, 1.165) is 29.6 Å². The van der Waals surface area contributed by atoms with Gasteiger partial charge in [0.15, 0.2) is 0 Å². The third-order valence-electron chi connectivity index (χ3n) is 3.47. The van der Waals surface area contributed by atoms with E-state index in [1.54, 1.807) is 7.11 Å². The molecular weight excluding hydrogens is 304 g/mol. The van der Waals surface area contributed by atoms with E-state index in [0.29, 0.717) is 6.04 Å². The van der Waals surface area contributed by atoms with Crippen molar-refractivity contribution in [3.05, 3.63) is 28.2 Å². The van der Waals surface area contributed by atoms with E-state index in [9.17, 15) is 0 Å². The first-order valence-corrected chi connectivity index (χ1v) is 7.61. The number of nitrogens with two attached hydrogens (primary N) is 1. The number of benzene rings is 1.